The molecule has 2 heterocycles. The standard InChI is InChI=1S/C18H22N2O4/c1-23-14-8-6-7-12-15(14)17(24-2)16(18(21)22)13(19-12)11-20-9-4-3-5-10-20/h6-8H,3-5,9-11H2,1-2H3,(H,21,22). The van der Waals surface area contributed by atoms with Gasteiger partial charge >= 0.3 is 5.97 Å². The number of methoxy groups -OCH3 is 2. The minimum atomic E-state index is -1.03. The topological polar surface area (TPSA) is 71.9 Å². The summed E-state index contributed by atoms with van der Waals surface area (Å²) in [5, 5.41) is 10.4. The maximum atomic E-state index is 11.9. The lowest BCUT2D eigenvalue weighted by molar-refractivity contribution is 0.0690. The summed E-state index contributed by atoms with van der Waals surface area (Å²) in [6.45, 7) is 2.46. The number of nitrogens with zero attached hydrogens (tertiary/aromatic N) is 2. The van der Waals surface area contributed by atoms with Gasteiger partial charge in [0.2, 0.25) is 0 Å². The van der Waals surface area contributed by atoms with Crippen LogP contribution >= 0.6 is 0 Å². The number of hydrogen-bond acceptors (Lipinski definition) is 5. The van der Waals surface area contributed by atoms with Crippen molar-refractivity contribution in [3.63, 3.8) is 0 Å². The average Bonchev–Trinajstić information content (AvgIpc) is 2.60. The number of benzene rings is 1. The third-order valence-corrected chi connectivity index (χ3v) is 4.46. The predicted molar refractivity (Wildman–Crippen MR) is 90.9 cm³/mol. The van der Waals surface area contributed by atoms with Crippen LogP contribution < -0.4 is 9.47 Å². The van der Waals surface area contributed by atoms with E-state index in [1.807, 2.05) is 12.1 Å². The second-order valence-electron chi connectivity index (χ2n) is 5.96. The Morgan fingerprint density at radius 3 is 2.58 bits per heavy atom. The number of aromatic carboxylic acids is 1. The predicted octanol–water partition coefficient (Wildman–Crippen LogP) is 2.94. The lowest BCUT2D eigenvalue weighted by Crippen LogP contribution is -2.30. The molecule has 1 aliphatic heterocycles. The zero-order chi connectivity index (χ0) is 17.1. The lowest BCUT2D eigenvalue weighted by atomic mass is 10.0. The fraction of sp³-hybridized carbons (Fsp3) is 0.444. The van der Waals surface area contributed by atoms with Crippen LogP contribution in [0.3, 0.4) is 0 Å². The van der Waals surface area contributed by atoms with Crippen molar-refractivity contribution in [1.82, 2.24) is 9.88 Å². The van der Waals surface area contributed by atoms with E-state index < -0.39 is 5.97 Å². The smallest absolute Gasteiger partial charge is 0.341 e. The van der Waals surface area contributed by atoms with Crippen molar-refractivity contribution < 1.29 is 19.4 Å². The second kappa shape index (κ2) is 7.05. The van der Waals surface area contributed by atoms with Gasteiger partial charge in [0.15, 0.2) is 0 Å². The highest BCUT2D eigenvalue weighted by molar-refractivity contribution is 6.02. The Morgan fingerprint density at radius 2 is 1.96 bits per heavy atom. The summed E-state index contributed by atoms with van der Waals surface area (Å²) in [4.78, 5) is 18.8. The third-order valence-electron chi connectivity index (χ3n) is 4.46. The first-order valence-electron chi connectivity index (χ1n) is 8.15. The summed E-state index contributed by atoms with van der Waals surface area (Å²) in [6.07, 6.45) is 3.51. The molecule has 1 fully saturated rings. The van der Waals surface area contributed by atoms with Gasteiger partial charge in [-0.15, -0.1) is 0 Å². The zero-order valence-electron chi connectivity index (χ0n) is 14.0. The van der Waals surface area contributed by atoms with Gasteiger partial charge in [-0.25, -0.2) is 4.79 Å². The molecule has 1 aliphatic rings. The Hall–Kier alpha value is -2.34. The van der Waals surface area contributed by atoms with Gasteiger partial charge in [-0.05, 0) is 38.1 Å². The maximum absolute atomic E-state index is 11.9. The highest BCUT2D eigenvalue weighted by atomic mass is 16.5. The Morgan fingerprint density at radius 1 is 1.21 bits per heavy atom. The highest BCUT2D eigenvalue weighted by Crippen LogP contribution is 2.37. The van der Waals surface area contributed by atoms with Gasteiger partial charge < -0.3 is 14.6 Å². The number of piperidine rings is 1. The van der Waals surface area contributed by atoms with E-state index in [-0.39, 0.29) is 5.56 Å². The van der Waals surface area contributed by atoms with Crippen LogP contribution in [0.25, 0.3) is 10.9 Å². The molecule has 1 aromatic carbocycles. The minimum Gasteiger partial charge on any atom is -0.496 e. The van der Waals surface area contributed by atoms with Gasteiger partial charge in [0.05, 0.1) is 30.8 Å². The van der Waals surface area contributed by atoms with E-state index in [0.717, 1.165) is 25.9 Å². The normalized spacial score (nSPS) is 15.4. The van der Waals surface area contributed by atoms with Crippen molar-refractivity contribution >= 4 is 16.9 Å². The lowest BCUT2D eigenvalue weighted by Gasteiger charge is -2.27. The Kier molecular flexibility index (Phi) is 4.85. The van der Waals surface area contributed by atoms with Gasteiger partial charge in [-0.3, -0.25) is 9.88 Å². The number of carboxylic acid groups (broad SMARTS) is 1. The number of pyridine rings is 1. The molecule has 1 aromatic heterocycles. The summed E-state index contributed by atoms with van der Waals surface area (Å²) in [5.74, 6) is -0.153. The van der Waals surface area contributed by atoms with Crippen LogP contribution in [0.2, 0.25) is 0 Å². The largest absolute Gasteiger partial charge is 0.496 e. The Balaban J connectivity index is 2.17. The zero-order valence-corrected chi connectivity index (χ0v) is 14.0. The van der Waals surface area contributed by atoms with E-state index in [2.05, 4.69) is 9.88 Å². The molecule has 2 aromatic rings. The average molecular weight is 330 g/mol. The number of carboxylic acids is 1. The Labute approximate surface area is 141 Å². The number of rotatable bonds is 5. The van der Waals surface area contributed by atoms with Crippen molar-refractivity contribution in [3.8, 4) is 11.5 Å². The first-order valence-corrected chi connectivity index (χ1v) is 8.15. The molecule has 6 nitrogen and oxygen atoms in total. The molecule has 1 N–H and O–H groups in total. The van der Waals surface area contributed by atoms with Crippen LogP contribution in [-0.2, 0) is 6.54 Å². The number of aromatic nitrogens is 1. The minimum absolute atomic E-state index is 0.125. The van der Waals surface area contributed by atoms with Crippen molar-refractivity contribution in [2.24, 2.45) is 0 Å². The summed E-state index contributed by atoms with van der Waals surface area (Å²) in [7, 11) is 3.04. The number of fused-ring (bicyclic) bond motifs is 1. The SMILES string of the molecule is COc1cccc2nc(CN3CCCCC3)c(C(=O)O)c(OC)c12. The summed E-state index contributed by atoms with van der Waals surface area (Å²) in [6, 6.07) is 5.48. The first kappa shape index (κ1) is 16.5. The third kappa shape index (κ3) is 3.01. The van der Waals surface area contributed by atoms with E-state index in [9.17, 15) is 9.90 Å². The number of carbonyl (C=O) groups is 1. The van der Waals surface area contributed by atoms with E-state index in [1.165, 1.54) is 13.5 Å². The van der Waals surface area contributed by atoms with E-state index >= 15 is 0 Å². The Bertz CT molecular complexity index is 754. The van der Waals surface area contributed by atoms with Crippen molar-refractivity contribution in [2.45, 2.75) is 25.8 Å². The molecule has 24 heavy (non-hydrogen) atoms. The molecule has 0 bridgehead atoms. The van der Waals surface area contributed by atoms with E-state index in [0.29, 0.717) is 34.6 Å². The first-order chi connectivity index (χ1) is 11.7. The molecule has 0 atom stereocenters. The fourth-order valence-electron chi connectivity index (χ4n) is 3.34. The molecular formula is C18H22N2O4. The molecule has 1 saturated heterocycles. The molecule has 3 rings (SSSR count). The molecule has 0 saturated carbocycles. The van der Waals surface area contributed by atoms with E-state index in [1.54, 1.807) is 13.2 Å². The quantitative estimate of drug-likeness (QED) is 0.909. The number of ether oxygens (including phenoxy) is 2. The highest BCUT2D eigenvalue weighted by Gasteiger charge is 2.25. The molecule has 0 spiro atoms. The summed E-state index contributed by atoms with van der Waals surface area (Å²) in [5.41, 5.74) is 1.35. The molecule has 0 radical (unpaired) electrons. The van der Waals surface area contributed by atoms with Crippen molar-refractivity contribution in [2.75, 3.05) is 27.3 Å². The fourth-order valence-corrected chi connectivity index (χ4v) is 3.34. The van der Waals surface area contributed by atoms with Crippen LogP contribution in [0.1, 0.15) is 35.3 Å². The summed E-state index contributed by atoms with van der Waals surface area (Å²) < 4.78 is 10.8. The van der Waals surface area contributed by atoms with Crippen molar-refractivity contribution in [3.05, 3.63) is 29.5 Å². The number of likely N-dealkylation sites (tertiary alicyclic amines) is 1. The monoisotopic (exact) mass is 330 g/mol. The van der Waals surface area contributed by atoms with Gasteiger partial charge in [0, 0.05) is 6.54 Å². The van der Waals surface area contributed by atoms with E-state index in [4.69, 9.17) is 9.47 Å². The summed E-state index contributed by atoms with van der Waals surface area (Å²) >= 11 is 0. The van der Waals surface area contributed by atoms with Gasteiger partial charge in [0.25, 0.3) is 0 Å². The molecule has 0 aliphatic carbocycles. The maximum Gasteiger partial charge on any atom is 0.341 e. The van der Waals surface area contributed by atoms with Crippen molar-refractivity contribution in [1.29, 1.82) is 0 Å². The molecule has 128 valence electrons. The van der Waals surface area contributed by atoms with Gasteiger partial charge in [-0.1, -0.05) is 12.5 Å². The molecular weight excluding hydrogens is 308 g/mol. The van der Waals surface area contributed by atoms with Crippen LogP contribution in [0, 0.1) is 0 Å². The molecule has 0 amide bonds. The van der Waals surface area contributed by atoms with Crippen LogP contribution in [-0.4, -0.2) is 48.3 Å². The van der Waals surface area contributed by atoms with Crippen LogP contribution in [0.15, 0.2) is 18.2 Å². The van der Waals surface area contributed by atoms with Crippen LogP contribution in [0.5, 0.6) is 11.5 Å². The molecule has 0 unspecified atom stereocenters. The second-order valence-corrected chi connectivity index (χ2v) is 5.96. The number of hydrogen-bond donors (Lipinski definition) is 1. The van der Waals surface area contributed by atoms with Gasteiger partial charge in [0.1, 0.15) is 17.1 Å². The molecule has 6 heteroatoms. The van der Waals surface area contributed by atoms with Gasteiger partial charge in [-0.2, -0.15) is 0 Å². The van der Waals surface area contributed by atoms with Crippen LogP contribution in [0.4, 0.5) is 0 Å².